The van der Waals surface area contributed by atoms with Gasteiger partial charge in [0.1, 0.15) is 6.23 Å². The van der Waals surface area contributed by atoms with E-state index >= 15 is 0 Å². The summed E-state index contributed by atoms with van der Waals surface area (Å²) in [5.74, 6) is 0. The molecule has 13 heavy (non-hydrogen) atoms. The van der Waals surface area contributed by atoms with Crippen LogP contribution in [0.3, 0.4) is 0 Å². The van der Waals surface area contributed by atoms with Crippen molar-refractivity contribution in [3.8, 4) is 0 Å². The number of nitrogens with one attached hydrogen (secondary N) is 1. The van der Waals surface area contributed by atoms with Crippen molar-refractivity contribution in [3.05, 3.63) is 0 Å². The highest BCUT2D eigenvalue weighted by Gasteiger charge is 2.10. The van der Waals surface area contributed by atoms with Crippen LogP contribution in [0.25, 0.3) is 0 Å². The predicted octanol–water partition coefficient (Wildman–Crippen LogP) is -1.66. The van der Waals surface area contributed by atoms with Crippen molar-refractivity contribution in [2.24, 2.45) is 11.5 Å². The van der Waals surface area contributed by atoms with Gasteiger partial charge in [-0.15, -0.1) is 0 Å². The Morgan fingerprint density at radius 2 is 1.77 bits per heavy atom. The van der Waals surface area contributed by atoms with Gasteiger partial charge in [0.2, 0.25) is 0 Å². The fraction of sp³-hybridized carbons (Fsp3) is 1.00. The lowest BCUT2D eigenvalue weighted by molar-refractivity contribution is 0.126. The third-order valence-corrected chi connectivity index (χ3v) is 2.00. The van der Waals surface area contributed by atoms with Gasteiger partial charge in [-0.25, -0.2) is 0 Å². The fourth-order valence-electron chi connectivity index (χ4n) is 1.04. The van der Waals surface area contributed by atoms with E-state index in [0.717, 1.165) is 6.42 Å². The van der Waals surface area contributed by atoms with E-state index in [0.29, 0.717) is 12.8 Å². The van der Waals surface area contributed by atoms with Gasteiger partial charge < -0.3 is 21.7 Å². The standard InChI is InChI=1S/C8H21N3O2/c1-11-8(13)4-6(9)2-3-7(10)5-12/h6-8,11-13H,2-5,9-10H2,1H3/t6-,7?,8+/m0/s1. The second-order valence-electron chi connectivity index (χ2n) is 3.32. The van der Waals surface area contributed by atoms with Crippen LogP contribution in [0.2, 0.25) is 0 Å². The summed E-state index contributed by atoms with van der Waals surface area (Å²) in [5, 5.41) is 20.5. The molecule has 80 valence electrons. The molecule has 0 rings (SSSR count). The molecule has 0 aromatic carbocycles. The van der Waals surface area contributed by atoms with E-state index in [1.165, 1.54) is 0 Å². The molecular formula is C8H21N3O2. The molecule has 0 amide bonds. The molecule has 0 saturated heterocycles. The molecule has 0 aliphatic carbocycles. The Balaban J connectivity index is 3.45. The average Bonchev–Trinajstić information content (AvgIpc) is 2.13. The van der Waals surface area contributed by atoms with Crippen molar-refractivity contribution < 1.29 is 10.2 Å². The van der Waals surface area contributed by atoms with Crippen LogP contribution in [0.4, 0.5) is 0 Å². The Kier molecular flexibility index (Phi) is 7.12. The number of nitrogens with two attached hydrogens (primary N) is 2. The van der Waals surface area contributed by atoms with Gasteiger partial charge in [-0.2, -0.15) is 0 Å². The zero-order valence-corrected chi connectivity index (χ0v) is 8.11. The summed E-state index contributed by atoms with van der Waals surface area (Å²) in [6.07, 6.45) is 1.36. The molecule has 0 aromatic rings. The molecule has 0 aliphatic rings. The van der Waals surface area contributed by atoms with Gasteiger partial charge >= 0.3 is 0 Å². The highest BCUT2D eigenvalue weighted by molar-refractivity contribution is 4.69. The molecule has 0 bridgehead atoms. The topological polar surface area (TPSA) is 105 Å². The van der Waals surface area contributed by atoms with Gasteiger partial charge in [-0.1, -0.05) is 0 Å². The highest BCUT2D eigenvalue weighted by Crippen LogP contribution is 2.03. The maximum absolute atomic E-state index is 9.18. The third kappa shape index (κ3) is 6.92. The molecule has 7 N–H and O–H groups in total. The normalized spacial score (nSPS) is 18.2. The molecule has 0 radical (unpaired) electrons. The average molecular weight is 191 g/mol. The molecule has 0 saturated carbocycles. The second-order valence-corrected chi connectivity index (χ2v) is 3.32. The number of rotatable bonds is 7. The van der Waals surface area contributed by atoms with Crippen molar-refractivity contribution in [1.82, 2.24) is 5.32 Å². The maximum Gasteiger partial charge on any atom is 0.106 e. The monoisotopic (exact) mass is 191 g/mol. The van der Waals surface area contributed by atoms with Gasteiger partial charge in [0.05, 0.1) is 6.61 Å². The van der Waals surface area contributed by atoms with Crippen LogP contribution in [-0.4, -0.2) is 42.2 Å². The number of aliphatic hydroxyl groups excluding tert-OH is 2. The first kappa shape index (κ1) is 12.8. The van der Waals surface area contributed by atoms with E-state index in [9.17, 15) is 5.11 Å². The lowest BCUT2D eigenvalue weighted by Gasteiger charge is -2.17. The summed E-state index contributed by atoms with van der Waals surface area (Å²) in [6, 6.07) is -0.266. The van der Waals surface area contributed by atoms with E-state index in [2.05, 4.69) is 5.32 Å². The molecule has 0 heterocycles. The first-order valence-corrected chi connectivity index (χ1v) is 4.57. The number of hydrogen-bond donors (Lipinski definition) is 5. The van der Waals surface area contributed by atoms with Crippen LogP contribution in [-0.2, 0) is 0 Å². The summed E-state index contributed by atoms with van der Waals surface area (Å²) in [5.41, 5.74) is 11.2. The van der Waals surface area contributed by atoms with Gasteiger partial charge in [-0.05, 0) is 19.9 Å². The zero-order chi connectivity index (χ0) is 10.3. The molecule has 0 fully saturated rings. The Morgan fingerprint density at radius 1 is 1.23 bits per heavy atom. The first-order chi connectivity index (χ1) is 6.10. The van der Waals surface area contributed by atoms with E-state index in [1.807, 2.05) is 0 Å². The Morgan fingerprint density at radius 3 is 2.23 bits per heavy atom. The van der Waals surface area contributed by atoms with E-state index < -0.39 is 6.23 Å². The molecule has 1 unspecified atom stereocenters. The van der Waals surface area contributed by atoms with E-state index in [4.69, 9.17) is 16.6 Å². The lowest BCUT2D eigenvalue weighted by atomic mass is 10.0. The largest absolute Gasteiger partial charge is 0.395 e. The summed E-state index contributed by atoms with van der Waals surface area (Å²) in [4.78, 5) is 0. The molecule has 3 atom stereocenters. The molecular weight excluding hydrogens is 170 g/mol. The van der Waals surface area contributed by atoms with Gasteiger partial charge in [0, 0.05) is 18.5 Å². The lowest BCUT2D eigenvalue weighted by Crippen LogP contribution is -2.35. The van der Waals surface area contributed by atoms with Crippen molar-refractivity contribution in [1.29, 1.82) is 0 Å². The summed E-state index contributed by atoms with van der Waals surface area (Å²) in [7, 11) is 1.68. The number of hydrogen-bond acceptors (Lipinski definition) is 5. The highest BCUT2D eigenvalue weighted by atomic mass is 16.3. The Hall–Kier alpha value is -0.200. The van der Waals surface area contributed by atoms with Crippen LogP contribution < -0.4 is 16.8 Å². The van der Waals surface area contributed by atoms with E-state index in [-0.39, 0.29) is 18.7 Å². The van der Waals surface area contributed by atoms with Crippen molar-refractivity contribution in [2.45, 2.75) is 37.6 Å². The van der Waals surface area contributed by atoms with Gasteiger partial charge in [-0.3, -0.25) is 5.32 Å². The second kappa shape index (κ2) is 7.23. The van der Waals surface area contributed by atoms with Crippen LogP contribution in [0.1, 0.15) is 19.3 Å². The first-order valence-electron chi connectivity index (χ1n) is 4.57. The quantitative estimate of drug-likeness (QED) is 0.310. The summed E-state index contributed by atoms with van der Waals surface area (Å²) < 4.78 is 0. The zero-order valence-electron chi connectivity index (χ0n) is 8.11. The Labute approximate surface area is 79.1 Å². The maximum atomic E-state index is 9.18. The molecule has 5 nitrogen and oxygen atoms in total. The minimum Gasteiger partial charge on any atom is -0.395 e. The summed E-state index contributed by atoms with van der Waals surface area (Å²) in [6.45, 7) is -0.0126. The van der Waals surface area contributed by atoms with Crippen LogP contribution in [0.5, 0.6) is 0 Å². The van der Waals surface area contributed by atoms with Crippen molar-refractivity contribution >= 4 is 0 Å². The van der Waals surface area contributed by atoms with Gasteiger partial charge in [0.25, 0.3) is 0 Å². The minimum absolute atomic E-state index is 0.0126. The van der Waals surface area contributed by atoms with Crippen molar-refractivity contribution in [3.63, 3.8) is 0 Å². The van der Waals surface area contributed by atoms with Gasteiger partial charge in [0.15, 0.2) is 0 Å². The molecule has 0 aliphatic heterocycles. The van der Waals surface area contributed by atoms with E-state index in [1.54, 1.807) is 7.05 Å². The minimum atomic E-state index is -0.555. The smallest absolute Gasteiger partial charge is 0.106 e. The Bertz CT molecular complexity index is 124. The van der Waals surface area contributed by atoms with Crippen LogP contribution >= 0.6 is 0 Å². The van der Waals surface area contributed by atoms with Crippen LogP contribution in [0, 0.1) is 0 Å². The number of aliphatic hydroxyl groups is 2. The third-order valence-electron chi connectivity index (χ3n) is 2.00. The molecule has 0 spiro atoms. The van der Waals surface area contributed by atoms with Crippen LogP contribution in [0.15, 0.2) is 0 Å². The molecule has 5 heteroatoms. The fourth-order valence-corrected chi connectivity index (χ4v) is 1.04. The summed E-state index contributed by atoms with van der Waals surface area (Å²) >= 11 is 0. The SMILES string of the molecule is CN[C@H](O)C[C@@H](N)CCC(N)CO. The molecule has 0 aromatic heterocycles. The predicted molar refractivity (Wildman–Crippen MR) is 52.0 cm³/mol. The van der Waals surface area contributed by atoms with Crippen molar-refractivity contribution in [2.75, 3.05) is 13.7 Å².